The van der Waals surface area contributed by atoms with Crippen LogP contribution >= 0.6 is 0 Å². The molecule has 2 aromatic heterocycles. The highest BCUT2D eigenvalue weighted by Crippen LogP contribution is 2.46. The summed E-state index contributed by atoms with van der Waals surface area (Å²) < 4.78 is 46.4. The van der Waals surface area contributed by atoms with E-state index in [4.69, 9.17) is 4.98 Å². The van der Waals surface area contributed by atoms with Gasteiger partial charge in [0, 0.05) is 23.2 Å². The van der Waals surface area contributed by atoms with E-state index in [2.05, 4.69) is 5.32 Å². The highest BCUT2D eigenvalue weighted by molar-refractivity contribution is 6.14. The Labute approximate surface area is 234 Å². The molecule has 41 heavy (non-hydrogen) atoms. The summed E-state index contributed by atoms with van der Waals surface area (Å²) in [5.74, 6) is -0.512. The highest BCUT2D eigenvalue weighted by atomic mass is 19.4. The molecule has 1 N–H and O–H groups in total. The first-order valence-electron chi connectivity index (χ1n) is 13.1. The molecular formula is C34H24F3N3O. The number of halogens is 3. The Hall–Kier alpha value is -5.17. The molecule has 0 spiro atoms. The number of rotatable bonds is 6. The number of pyridine rings is 1. The predicted octanol–water partition coefficient (Wildman–Crippen LogP) is 8.69. The van der Waals surface area contributed by atoms with Gasteiger partial charge in [-0.05, 0) is 23.8 Å². The fraction of sp³-hybridized carbons (Fsp3) is 0.0588. The molecule has 0 saturated heterocycles. The van der Waals surface area contributed by atoms with Crippen molar-refractivity contribution in [3.05, 3.63) is 144 Å². The minimum atomic E-state index is -4.72. The fourth-order valence-corrected chi connectivity index (χ4v) is 5.03. The Morgan fingerprint density at radius 2 is 1.27 bits per heavy atom. The van der Waals surface area contributed by atoms with Crippen LogP contribution in [0.3, 0.4) is 0 Å². The van der Waals surface area contributed by atoms with Crippen LogP contribution in [0.5, 0.6) is 0 Å². The minimum Gasteiger partial charge on any atom is -0.320 e. The van der Waals surface area contributed by atoms with E-state index in [1.54, 1.807) is 65.2 Å². The highest BCUT2D eigenvalue weighted by Gasteiger charge is 2.37. The van der Waals surface area contributed by atoms with Gasteiger partial charge in [0.1, 0.15) is 5.65 Å². The monoisotopic (exact) mass is 547 g/mol. The van der Waals surface area contributed by atoms with Crippen LogP contribution in [0, 0.1) is 0 Å². The van der Waals surface area contributed by atoms with Gasteiger partial charge in [-0.25, -0.2) is 4.98 Å². The van der Waals surface area contributed by atoms with Gasteiger partial charge in [0.05, 0.1) is 28.0 Å². The van der Waals surface area contributed by atoms with Crippen molar-refractivity contribution in [2.45, 2.75) is 12.7 Å². The number of nitrogens with one attached hydrogen (secondary N) is 1. The number of nitrogens with zero attached hydrogens (tertiary/aromatic N) is 2. The lowest BCUT2D eigenvalue weighted by atomic mass is 10.0. The molecule has 0 saturated carbocycles. The molecule has 4 aromatic carbocycles. The van der Waals surface area contributed by atoms with E-state index in [0.29, 0.717) is 22.4 Å². The standard InChI is InChI=1S/C34H24F3N3O/c35-34(36,37)27-21-28(24-15-7-2-8-16-24)38-32-29(27)30(39-33(41)26-19-11-4-12-20-26)31(25-17-9-3-10-18-25)40(32)22-23-13-5-1-6-14-23/h1-21H,22H2,(H,39,41). The lowest BCUT2D eigenvalue weighted by Gasteiger charge is -2.13. The summed E-state index contributed by atoms with van der Waals surface area (Å²) in [7, 11) is 0. The molecule has 7 heteroatoms. The molecule has 1 amide bonds. The summed E-state index contributed by atoms with van der Waals surface area (Å²) in [5.41, 5.74) is 2.38. The van der Waals surface area contributed by atoms with Crippen LogP contribution in [-0.2, 0) is 12.7 Å². The smallest absolute Gasteiger partial charge is 0.320 e. The molecule has 4 nitrogen and oxygen atoms in total. The number of amides is 1. The molecule has 0 aliphatic heterocycles. The number of carbonyl (C=O) groups excluding carboxylic acids is 1. The second kappa shape index (κ2) is 10.8. The lowest BCUT2D eigenvalue weighted by molar-refractivity contribution is -0.136. The third-order valence-corrected chi connectivity index (χ3v) is 6.89. The Kier molecular flexibility index (Phi) is 6.85. The second-order valence-electron chi connectivity index (χ2n) is 9.60. The molecule has 0 aliphatic carbocycles. The summed E-state index contributed by atoms with van der Waals surface area (Å²) in [6.45, 7) is 0.241. The van der Waals surface area contributed by atoms with Gasteiger partial charge in [-0.3, -0.25) is 4.79 Å². The normalized spacial score (nSPS) is 11.5. The van der Waals surface area contributed by atoms with Gasteiger partial charge in [-0.1, -0.05) is 109 Å². The number of benzene rings is 4. The number of alkyl halides is 3. The zero-order valence-corrected chi connectivity index (χ0v) is 21.8. The van der Waals surface area contributed by atoms with Gasteiger partial charge in [0.25, 0.3) is 5.91 Å². The van der Waals surface area contributed by atoms with Gasteiger partial charge in [0.15, 0.2) is 0 Å². The number of fused-ring (bicyclic) bond motifs is 1. The molecule has 202 valence electrons. The van der Waals surface area contributed by atoms with Crippen molar-refractivity contribution < 1.29 is 18.0 Å². The molecular weight excluding hydrogens is 523 g/mol. The van der Waals surface area contributed by atoms with Crippen molar-refractivity contribution in [3.8, 4) is 22.5 Å². The Bertz CT molecular complexity index is 1820. The molecule has 6 rings (SSSR count). The van der Waals surface area contributed by atoms with Gasteiger partial charge in [-0.2, -0.15) is 13.2 Å². The molecule has 0 fully saturated rings. The van der Waals surface area contributed by atoms with E-state index < -0.39 is 17.6 Å². The quantitative estimate of drug-likeness (QED) is 0.227. The molecule has 2 heterocycles. The van der Waals surface area contributed by atoms with Crippen LogP contribution in [0.1, 0.15) is 21.5 Å². The summed E-state index contributed by atoms with van der Waals surface area (Å²) in [4.78, 5) is 18.3. The third-order valence-electron chi connectivity index (χ3n) is 6.89. The van der Waals surface area contributed by atoms with Crippen molar-refractivity contribution in [1.29, 1.82) is 0 Å². The van der Waals surface area contributed by atoms with Crippen LogP contribution in [0.15, 0.2) is 127 Å². The van der Waals surface area contributed by atoms with E-state index in [0.717, 1.165) is 11.6 Å². The summed E-state index contributed by atoms with van der Waals surface area (Å²) in [6, 6.07) is 36.9. The van der Waals surface area contributed by atoms with E-state index in [1.165, 1.54) is 0 Å². The van der Waals surface area contributed by atoms with Crippen molar-refractivity contribution in [2.24, 2.45) is 0 Å². The second-order valence-corrected chi connectivity index (χ2v) is 9.60. The van der Waals surface area contributed by atoms with Gasteiger partial charge < -0.3 is 9.88 Å². The Morgan fingerprint density at radius 3 is 1.85 bits per heavy atom. The molecule has 0 aliphatic rings. The maximum absolute atomic E-state index is 14.9. The predicted molar refractivity (Wildman–Crippen MR) is 156 cm³/mol. The minimum absolute atomic E-state index is 0.0652. The fourth-order valence-electron chi connectivity index (χ4n) is 5.03. The Morgan fingerprint density at radius 1 is 0.732 bits per heavy atom. The SMILES string of the molecule is O=C(Nc1c(-c2ccccc2)n(Cc2ccccc2)c2nc(-c3ccccc3)cc(C(F)(F)F)c12)c1ccccc1. The average molecular weight is 548 g/mol. The Balaban J connectivity index is 1.71. The average Bonchev–Trinajstić information content (AvgIpc) is 3.30. The van der Waals surface area contributed by atoms with E-state index in [1.807, 2.05) is 60.7 Å². The first-order valence-corrected chi connectivity index (χ1v) is 13.1. The zero-order chi connectivity index (χ0) is 28.4. The summed E-state index contributed by atoms with van der Waals surface area (Å²) in [5, 5.41) is 2.69. The van der Waals surface area contributed by atoms with Crippen molar-refractivity contribution in [3.63, 3.8) is 0 Å². The number of carbonyl (C=O) groups is 1. The van der Waals surface area contributed by atoms with Crippen LogP contribution in [0.2, 0.25) is 0 Å². The number of hydrogen-bond donors (Lipinski definition) is 1. The molecule has 6 aromatic rings. The van der Waals surface area contributed by atoms with Gasteiger partial charge in [-0.15, -0.1) is 0 Å². The molecule has 0 bridgehead atoms. The van der Waals surface area contributed by atoms with E-state index in [9.17, 15) is 18.0 Å². The number of anilines is 1. The first-order chi connectivity index (χ1) is 19.9. The van der Waals surface area contributed by atoms with Crippen molar-refractivity contribution in [1.82, 2.24) is 9.55 Å². The van der Waals surface area contributed by atoms with Crippen molar-refractivity contribution in [2.75, 3.05) is 5.32 Å². The largest absolute Gasteiger partial charge is 0.417 e. The lowest BCUT2D eigenvalue weighted by Crippen LogP contribution is -2.14. The van der Waals surface area contributed by atoms with Crippen LogP contribution < -0.4 is 5.32 Å². The first kappa shape index (κ1) is 26.1. The summed E-state index contributed by atoms with van der Waals surface area (Å²) in [6.07, 6.45) is -4.72. The molecule has 0 radical (unpaired) electrons. The van der Waals surface area contributed by atoms with E-state index >= 15 is 0 Å². The number of hydrogen-bond acceptors (Lipinski definition) is 2. The van der Waals surface area contributed by atoms with Crippen LogP contribution in [0.25, 0.3) is 33.5 Å². The molecule has 0 atom stereocenters. The van der Waals surface area contributed by atoms with Gasteiger partial charge in [0.2, 0.25) is 0 Å². The molecule has 0 unspecified atom stereocenters. The maximum atomic E-state index is 14.9. The maximum Gasteiger partial charge on any atom is 0.417 e. The van der Waals surface area contributed by atoms with Gasteiger partial charge >= 0.3 is 6.18 Å². The topological polar surface area (TPSA) is 46.9 Å². The van der Waals surface area contributed by atoms with Crippen LogP contribution in [0.4, 0.5) is 18.9 Å². The van der Waals surface area contributed by atoms with Crippen LogP contribution in [-0.4, -0.2) is 15.5 Å². The third kappa shape index (κ3) is 5.22. The summed E-state index contributed by atoms with van der Waals surface area (Å²) >= 11 is 0. The van der Waals surface area contributed by atoms with Crippen molar-refractivity contribution >= 4 is 22.6 Å². The zero-order valence-electron chi connectivity index (χ0n) is 21.8. The van der Waals surface area contributed by atoms with E-state index in [-0.39, 0.29) is 29.0 Å². The number of aromatic nitrogens is 2.